The monoisotopic (exact) mass is 538 g/mol. The Hall–Kier alpha value is -5.91. The van der Waals surface area contributed by atoms with Crippen LogP contribution in [0.3, 0.4) is 0 Å². The maximum atomic E-state index is 13.5. The van der Waals surface area contributed by atoms with Crippen molar-refractivity contribution in [1.29, 1.82) is 0 Å². The van der Waals surface area contributed by atoms with Gasteiger partial charge in [0.05, 0.1) is 15.5 Å². The molecule has 5 rings (SSSR count). The van der Waals surface area contributed by atoms with Gasteiger partial charge in [-0.3, -0.25) is 35.1 Å². The first-order valence-electron chi connectivity index (χ1n) is 11.8. The van der Waals surface area contributed by atoms with Gasteiger partial charge in [0.15, 0.2) is 0 Å². The van der Waals surface area contributed by atoms with Gasteiger partial charge >= 0.3 is 6.03 Å². The molecule has 198 valence electrons. The van der Waals surface area contributed by atoms with Gasteiger partial charge < -0.3 is 4.74 Å². The van der Waals surface area contributed by atoms with Gasteiger partial charge in [-0.1, -0.05) is 48.5 Å². The van der Waals surface area contributed by atoms with Crippen molar-refractivity contribution >= 4 is 51.8 Å². The van der Waals surface area contributed by atoms with Gasteiger partial charge in [-0.05, 0) is 34.5 Å². The highest BCUT2D eigenvalue weighted by atomic mass is 16.6. The number of ether oxygens (including phenoxy) is 1. The molecule has 0 aromatic heterocycles. The number of nitrogens with zero attached hydrogens (tertiary/aromatic N) is 3. The Bertz CT molecular complexity index is 1760. The number of anilines is 1. The minimum absolute atomic E-state index is 0.0470. The zero-order valence-corrected chi connectivity index (χ0v) is 20.5. The van der Waals surface area contributed by atoms with E-state index in [1.807, 2.05) is 12.1 Å². The first-order valence-corrected chi connectivity index (χ1v) is 11.8. The zero-order valence-electron chi connectivity index (χ0n) is 20.5. The van der Waals surface area contributed by atoms with E-state index in [0.717, 1.165) is 11.5 Å². The Kier molecular flexibility index (Phi) is 6.72. The van der Waals surface area contributed by atoms with Crippen LogP contribution in [0, 0.1) is 20.2 Å². The van der Waals surface area contributed by atoms with Crippen LogP contribution in [0.2, 0.25) is 0 Å². The summed E-state index contributed by atoms with van der Waals surface area (Å²) in [4.78, 5) is 60.7. The number of urea groups is 1. The van der Waals surface area contributed by atoms with Crippen molar-refractivity contribution < 1.29 is 29.0 Å². The molecule has 1 aliphatic rings. The SMILES string of the molecule is O=C1NC(=O)N(c2cccc([N+](=O)[O-])c2)C(=O)/C1=C/c1c(OCc2cccc([N+](=O)[O-])c2)ccc2ccccc12. The number of benzene rings is 4. The minimum atomic E-state index is -1.05. The van der Waals surface area contributed by atoms with Crippen LogP contribution in [0.25, 0.3) is 16.8 Å². The highest BCUT2D eigenvalue weighted by molar-refractivity contribution is 6.39. The molecular formula is C28H18N4O8. The van der Waals surface area contributed by atoms with Crippen molar-refractivity contribution in [3.63, 3.8) is 0 Å². The smallest absolute Gasteiger partial charge is 0.335 e. The standard InChI is InChI=1S/C28H18N4O8/c33-26-24(27(34)30(28(35)29-26)19-7-4-9-21(14-19)32(38)39)15-23-22-10-2-1-6-18(22)11-12-25(23)40-16-17-5-3-8-20(13-17)31(36)37/h1-15H,16H2,(H,29,33,35)/b24-15+. The third-order valence-corrected chi connectivity index (χ3v) is 6.14. The number of nitro benzene ring substituents is 2. The van der Waals surface area contributed by atoms with Crippen LogP contribution in [-0.2, 0) is 16.2 Å². The average molecular weight is 538 g/mol. The normalized spacial score (nSPS) is 14.3. The number of nitrogens with one attached hydrogen (secondary N) is 1. The molecule has 0 saturated carbocycles. The van der Waals surface area contributed by atoms with E-state index in [-0.39, 0.29) is 29.4 Å². The molecule has 0 aliphatic carbocycles. The summed E-state index contributed by atoms with van der Waals surface area (Å²) in [7, 11) is 0. The van der Waals surface area contributed by atoms with Crippen molar-refractivity contribution in [3.8, 4) is 5.75 Å². The molecule has 1 fully saturated rings. The number of carbonyl (C=O) groups excluding carboxylic acids is 3. The van der Waals surface area contributed by atoms with Gasteiger partial charge in [-0.2, -0.15) is 0 Å². The van der Waals surface area contributed by atoms with E-state index < -0.39 is 33.3 Å². The van der Waals surface area contributed by atoms with Crippen molar-refractivity contribution in [2.45, 2.75) is 6.61 Å². The molecule has 40 heavy (non-hydrogen) atoms. The van der Waals surface area contributed by atoms with Gasteiger partial charge in [0.2, 0.25) is 0 Å². The summed E-state index contributed by atoms with van der Waals surface area (Å²) in [5, 5.41) is 25.9. The van der Waals surface area contributed by atoms with Crippen LogP contribution in [-0.4, -0.2) is 27.7 Å². The van der Waals surface area contributed by atoms with Crippen LogP contribution in [0.1, 0.15) is 11.1 Å². The number of hydrogen-bond donors (Lipinski definition) is 1. The fourth-order valence-corrected chi connectivity index (χ4v) is 4.25. The molecule has 0 atom stereocenters. The van der Waals surface area contributed by atoms with E-state index in [1.165, 1.54) is 42.5 Å². The summed E-state index contributed by atoms with van der Waals surface area (Å²) in [5.41, 5.74) is -0.0492. The quantitative estimate of drug-likeness (QED) is 0.150. The lowest BCUT2D eigenvalue weighted by atomic mass is 9.99. The van der Waals surface area contributed by atoms with Crippen molar-refractivity contribution in [3.05, 3.63) is 122 Å². The maximum absolute atomic E-state index is 13.5. The van der Waals surface area contributed by atoms with Crippen LogP contribution >= 0.6 is 0 Å². The third-order valence-electron chi connectivity index (χ3n) is 6.14. The number of barbiturate groups is 1. The molecule has 4 aromatic rings. The molecule has 1 heterocycles. The number of non-ortho nitro benzene ring substituents is 2. The largest absolute Gasteiger partial charge is 0.488 e. The molecular weight excluding hydrogens is 520 g/mol. The molecule has 0 radical (unpaired) electrons. The van der Waals surface area contributed by atoms with E-state index in [9.17, 15) is 34.6 Å². The van der Waals surface area contributed by atoms with E-state index in [2.05, 4.69) is 5.32 Å². The molecule has 0 spiro atoms. The molecule has 12 nitrogen and oxygen atoms in total. The van der Waals surface area contributed by atoms with Crippen molar-refractivity contribution in [2.24, 2.45) is 0 Å². The number of nitro groups is 2. The third kappa shape index (κ3) is 4.96. The van der Waals surface area contributed by atoms with Gasteiger partial charge in [0.1, 0.15) is 17.9 Å². The molecule has 1 N–H and O–H groups in total. The molecule has 0 unspecified atom stereocenters. The Morgan fingerprint density at radius 1 is 0.825 bits per heavy atom. The number of amides is 4. The van der Waals surface area contributed by atoms with Crippen LogP contribution < -0.4 is 15.0 Å². The van der Waals surface area contributed by atoms with Crippen molar-refractivity contribution in [1.82, 2.24) is 5.32 Å². The van der Waals surface area contributed by atoms with E-state index in [4.69, 9.17) is 4.74 Å². The second kappa shape index (κ2) is 10.5. The second-order valence-electron chi connectivity index (χ2n) is 8.65. The number of imide groups is 2. The fourth-order valence-electron chi connectivity index (χ4n) is 4.25. The maximum Gasteiger partial charge on any atom is 0.335 e. The minimum Gasteiger partial charge on any atom is -0.488 e. The summed E-state index contributed by atoms with van der Waals surface area (Å²) >= 11 is 0. The highest BCUT2D eigenvalue weighted by Gasteiger charge is 2.37. The predicted octanol–water partition coefficient (Wildman–Crippen LogP) is 4.90. The first-order chi connectivity index (χ1) is 19.2. The van der Waals surface area contributed by atoms with Gasteiger partial charge in [-0.25, -0.2) is 9.69 Å². The number of carbonyl (C=O) groups is 3. The lowest BCUT2D eigenvalue weighted by molar-refractivity contribution is -0.385. The highest BCUT2D eigenvalue weighted by Crippen LogP contribution is 2.33. The van der Waals surface area contributed by atoms with Crippen LogP contribution in [0.4, 0.5) is 21.9 Å². The lowest BCUT2D eigenvalue weighted by Gasteiger charge is -2.26. The summed E-state index contributed by atoms with van der Waals surface area (Å²) in [5.74, 6) is -1.65. The fraction of sp³-hybridized carbons (Fsp3) is 0.0357. The first kappa shape index (κ1) is 25.7. The molecule has 4 aromatic carbocycles. The van der Waals surface area contributed by atoms with E-state index in [0.29, 0.717) is 21.4 Å². The Balaban J connectivity index is 1.57. The van der Waals surface area contributed by atoms with E-state index >= 15 is 0 Å². The summed E-state index contributed by atoms with van der Waals surface area (Å²) < 4.78 is 5.99. The molecule has 0 bridgehead atoms. The number of fused-ring (bicyclic) bond motifs is 1. The number of hydrogen-bond acceptors (Lipinski definition) is 8. The average Bonchev–Trinajstić information content (AvgIpc) is 2.94. The van der Waals surface area contributed by atoms with Gasteiger partial charge in [0, 0.05) is 29.8 Å². The predicted molar refractivity (Wildman–Crippen MR) is 143 cm³/mol. The zero-order chi connectivity index (χ0) is 28.4. The summed E-state index contributed by atoms with van der Waals surface area (Å²) in [6, 6.07) is 20.4. The topological polar surface area (TPSA) is 162 Å². The summed E-state index contributed by atoms with van der Waals surface area (Å²) in [6.07, 6.45) is 1.29. The molecule has 1 saturated heterocycles. The molecule has 1 aliphatic heterocycles. The Morgan fingerprint density at radius 2 is 1.52 bits per heavy atom. The Morgan fingerprint density at radius 3 is 2.27 bits per heavy atom. The Labute approximate surface area is 225 Å². The van der Waals surface area contributed by atoms with Gasteiger partial charge in [0.25, 0.3) is 23.2 Å². The summed E-state index contributed by atoms with van der Waals surface area (Å²) in [6.45, 7) is -0.0470. The van der Waals surface area contributed by atoms with Crippen molar-refractivity contribution in [2.75, 3.05) is 4.90 Å². The van der Waals surface area contributed by atoms with Gasteiger partial charge in [-0.15, -0.1) is 0 Å². The lowest BCUT2D eigenvalue weighted by Crippen LogP contribution is -2.54. The van der Waals surface area contributed by atoms with Crippen LogP contribution in [0.5, 0.6) is 5.75 Å². The molecule has 12 heteroatoms. The van der Waals surface area contributed by atoms with E-state index in [1.54, 1.807) is 30.3 Å². The number of rotatable bonds is 7. The molecule has 4 amide bonds. The second-order valence-corrected chi connectivity index (χ2v) is 8.65. The van der Waals surface area contributed by atoms with Crippen LogP contribution in [0.15, 0.2) is 90.5 Å².